The molecule has 0 radical (unpaired) electrons. The Hall–Kier alpha value is -3.02. The Labute approximate surface area is 146 Å². The average Bonchev–Trinajstić information content (AvgIpc) is 3.37. The number of benzene rings is 2. The van der Waals surface area contributed by atoms with Crippen LogP contribution in [-0.4, -0.2) is 19.0 Å². The monoisotopic (exact) mass is 339 g/mol. The zero-order valence-corrected chi connectivity index (χ0v) is 14.3. The smallest absolute Gasteiger partial charge is 0.319 e. The van der Waals surface area contributed by atoms with Gasteiger partial charge >= 0.3 is 6.03 Å². The number of hydrogen-bond acceptors (Lipinski definition) is 3. The summed E-state index contributed by atoms with van der Waals surface area (Å²) in [6.45, 7) is 1.45. The third-order valence-electron chi connectivity index (χ3n) is 4.21. The molecule has 0 heterocycles. The Morgan fingerprint density at radius 3 is 1.96 bits per heavy atom. The Balaban J connectivity index is 1.61. The van der Waals surface area contributed by atoms with Gasteiger partial charge in [-0.1, -0.05) is 12.1 Å². The van der Waals surface area contributed by atoms with Crippen LogP contribution in [-0.2, 0) is 10.3 Å². The van der Waals surface area contributed by atoms with Gasteiger partial charge in [-0.2, -0.15) is 0 Å². The van der Waals surface area contributed by atoms with E-state index in [1.54, 1.807) is 31.4 Å². The van der Waals surface area contributed by atoms with Crippen molar-refractivity contribution in [1.29, 1.82) is 0 Å². The molecule has 1 fully saturated rings. The summed E-state index contributed by atoms with van der Waals surface area (Å²) in [7, 11) is 1.63. The summed E-state index contributed by atoms with van der Waals surface area (Å²) in [4.78, 5) is 23.3. The summed E-state index contributed by atoms with van der Waals surface area (Å²) in [6.07, 6.45) is 1.82. The van der Waals surface area contributed by atoms with Gasteiger partial charge in [0.15, 0.2) is 0 Å². The molecular formula is C19H21N3O3. The first kappa shape index (κ1) is 16.8. The standard InChI is InChI=1S/C19H21N3O3/c1-13(23)20-15-5-7-16(8-6-15)21-18(24)22-19(11-12-19)14-3-9-17(25-2)10-4-14/h3-10H,11-12H2,1-2H3,(H,20,23)(H2,21,22,24). The predicted octanol–water partition coefficient (Wildman–Crippen LogP) is 3.46. The Bertz CT molecular complexity index is 766. The first-order valence-electron chi connectivity index (χ1n) is 8.12. The van der Waals surface area contributed by atoms with Crippen LogP contribution in [0.4, 0.5) is 16.2 Å². The summed E-state index contributed by atoms with van der Waals surface area (Å²) >= 11 is 0. The third-order valence-corrected chi connectivity index (χ3v) is 4.21. The van der Waals surface area contributed by atoms with Crippen LogP contribution in [0.1, 0.15) is 25.3 Å². The number of carbonyl (C=O) groups excluding carboxylic acids is 2. The molecule has 3 amide bonds. The maximum atomic E-state index is 12.3. The minimum atomic E-state index is -0.299. The van der Waals surface area contributed by atoms with E-state index in [2.05, 4.69) is 16.0 Å². The highest BCUT2D eigenvalue weighted by Crippen LogP contribution is 2.45. The molecular weight excluding hydrogens is 318 g/mol. The molecule has 0 aromatic heterocycles. The van der Waals surface area contributed by atoms with Gasteiger partial charge in [-0.15, -0.1) is 0 Å². The fraction of sp³-hybridized carbons (Fsp3) is 0.263. The van der Waals surface area contributed by atoms with Crippen LogP contribution in [0.25, 0.3) is 0 Å². The van der Waals surface area contributed by atoms with Crippen molar-refractivity contribution in [2.75, 3.05) is 17.7 Å². The highest BCUT2D eigenvalue weighted by Gasteiger charge is 2.45. The van der Waals surface area contributed by atoms with Crippen molar-refractivity contribution in [3.8, 4) is 5.75 Å². The lowest BCUT2D eigenvalue weighted by atomic mass is 10.1. The number of amides is 3. The molecule has 0 spiro atoms. The number of carbonyl (C=O) groups is 2. The molecule has 1 aliphatic rings. The van der Waals surface area contributed by atoms with E-state index < -0.39 is 0 Å². The maximum Gasteiger partial charge on any atom is 0.319 e. The molecule has 1 aliphatic carbocycles. The summed E-state index contributed by atoms with van der Waals surface area (Å²) in [5.41, 5.74) is 2.13. The molecule has 2 aromatic carbocycles. The molecule has 6 nitrogen and oxygen atoms in total. The van der Waals surface area contributed by atoms with Crippen molar-refractivity contribution in [2.24, 2.45) is 0 Å². The summed E-state index contributed by atoms with van der Waals surface area (Å²) in [5, 5.41) is 8.57. The number of anilines is 2. The van der Waals surface area contributed by atoms with E-state index >= 15 is 0 Å². The number of methoxy groups -OCH3 is 1. The van der Waals surface area contributed by atoms with Gasteiger partial charge < -0.3 is 20.7 Å². The van der Waals surface area contributed by atoms with Crippen LogP contribution in [0.3, 0.4) is 0 Å². The number of rotatable bonds is 5. The van der Waals surface area contributed by atoms with E-state index in [0.717, 1.165) is 24.2 Å². The first-order valence-corrected chi connectivity index (χ1v) is 8.12. The molecule has 1 saturated carbocycles. The van der Waals surface area contributed by atoms with Crippen molar-refractivity contribution in [3.05, 3.63) is 54.1 Å². The zero-order chi connectivity index (χ0) is 17.9. The molecule has 2 aromatic rings. The quantitative estimate of drug-likeness (QED) is 0.780. The van der Waals surface area contributed by atoms with Gasteiger partial charge in [0, 0.05) is 18.3 Å². The van der Waals surface area contributed by atoms with E-state index in [0.29, 0.717) is 11.4 Å². The van der Waals surface area contributed by atoms with Crippen LogP contribution >= 0.6 is 0 Å². The molecule has 3 rings (SSSR count). The first-order chi connectivity index (χ1) is 12.0. The van der Waals surface area contributed by atoms with E-state index in [1.165, 1.54) is 6.92 Å². The molecule has 130 valence electrons. The van der Waals surface area contributed by atoms with Crippen LogP contribution in [0, 0.1) is 0 Å². The minimum absolute atomic E-state index is 0.131. The molecule has 25 heavy (non-hydrogen) atoms. The van der Waals surface area contributed by atoms with Gasteiger partial charge in [-0.25, -0.2) is 4.79 Å². The van der Waals surface area contributed by atoms with E-state index in [-0.39, 0.29) is 17.5 Å². The summed E-state index contributed by atoms with van der Waals surface area (Å²) in [6, 6.07) is 14.5. The van der Waals surface area contributed by atoms with Crippen molar-refractivity contribution >= 4 is 23.3 Å². The molecule has 0 unspecified atom stereocenters. The number of hydrogen-bond donors (Lipinski definition) is 3. The lowest BCUT2D eigenvalue weighted by Gasteiger charge is -2.19. The summed E-state index contributed by atoms with van der Waals surface area (Å²) in [5.74, 6) is 0.664. The predicted molar refractivity (Wildman–Crippen MR) is 96.8 cm³/mol. The highest BCUT2D eigenvalue weighted by molar-refractivity contribution is 5.91. The second-order valence-electron chi connectivity index (χ2n) is 6.15. The van der Waals surface area contributed by atoms with Crippen molar-refractivity contribution in [3.63, 3.8) is 0 Å². The Kier molecular flexibility index (Phi) is 4.61. The van der Waals surface area contributed by atoms with Gasteiger partial charge in [0.1, 0.15) is 5.75 Å². The second kappa shape index (κ2) is 6.84. The second-order valence-corrected chi connectivity index (χ2v) is 6.15. The molecule has 3 N–H and O–H groups in total. The summed E-state index contributed by atoms with van der Waals surface area (Å²) < 4.78 is 5.17. The van der Waals surface area contributed by atoms with Crippen LogP contribution < -0.4 is 20.7 Å². The normalized spacial score (nSPS) is 14.3. The largest absolute Gasteiger partial charge is 0.497 e. The van der Waals surface area contributed by atoms with E-state index in [1.807, 2.05) is 24.3 Å². The molecule has 0 saturated heterocycles. The van der Waals surface area contributed by atoms with E-state index in [4.69, 9.17) is 4.74 Å². The molecule has 0 bridgehead atoms. The lowest BCUT2D eigenvalue weighted by molar-refractivity contribution is -0.114. The molecule has 0 aliphatic heterocycles. The van der Waals surface area contributed by atoms with Gasteiger partial charge in [-0.3, -0.25) is 4.79 Å². The highest BCUT2D eigenvalue weighted by atomic mass is 16.5. The molecule has 6 heteroatoms. The van der Waals surface area contributed by atoms with Crippen LogP contribution in [0.2, 0.25) is 0 Å². The Morgan fingerprint density at radius 1 is 0.920 bits per heavy atom. The van der Waals surface area contributed by atoms with Gasteiger partial charge in [-0.05, 0) is 54.8 Å². The topological polar surface area (TPSA) is 79.5 Å². The lowest BCUT2D eigenvalue weighted by Crippen LogP contribution is -2.38. The zero-order valence-electron chi connectivity index (χ0n) is 14.3. The van der Waals surface area contributed by atoms with Crippen LogP contribution in [0.15, 0.2) is 48.5 Å². The van der Waals surface area contributed by atoms with Crippen molar-refractivity contribution in [2.45, 2.75) is 25.3 Å². The Morgan fingerprint density at radius 2 is 1.48 bits per heavy atom. The van der Waals surface area contributed by atoms with Crippen LogP contribution in [0.5, 0.6) is 5.75 Å². The third kappa shape index (κ3) is 4.09. The fourth-order valence-corrected chi connectivity index (χ4v) is 2.74. The maximum absolute atomic E-state index is 12.3. The average molecular weight is 339 g/mol. The van der Waals surface area contributed by atoms with Crippen molar-refractivity contribution in [1.82, 2.24) is 5.32 Å². The molecule has 0 atom stereocenters. The van der Waals surface area contributed by atoms with Gasteiger partial charge in [0.2, 0.25) is 5.91 Å². The minimum Gasteiger partial charge on any atom is -0.497 e. The van der Waals surface area contributed by atoms with E-state index in [9.17, 15) is 9.59 Å². The van der Waals surface area contributed by atoms with Gasteiger partial charge in [0.05, 0.1) is 12.6 Å². The SMILES string of the molecule is COc1ccc(C2(NC(=O)Nc3ccc(NC(C)=O)cc3)CC2)cc1. The van der Waals surface area contributed by atoms with Gasteiger partial charge in [0.25, 0.3) is 0 Å². The number of urea groups is 1. The van der Waals surface area contributed by atoms with Crippen molar-refractivity contribution < 1.29 is 14.3 Å². The number of nitrogens with one attached hydrogen (secondary N) is 3. The fourth-order valence-electron chi connectivity index (χ4n) is 2.74. The number of ether oxygens (including phenoxy) is 1.